The Morgan fingerprint density at radius 2 is 1.81 bits per heavy atom. The molecule has 1 aromatic heterocycles. The third kappa shape index (κ3) is 3.17. The van der Waals surface area contributed by atoms with Gasteiger partial charge in [0.15, 0.2) is 0 Å². The first-order valence-electron chi connectivity index (χ1n) is 8.70. The van der Waals surface area contributed by atoms with Gasteiger partial charge in [-0.05, 0) is 30.0 Å². The van der Waals surface area contributed by atoms with E-state index in [9.17, 15) is 14.7 Å². The average molecular weight is 362 g/mol. The third-order valence-corrected chi connectivity index (χ3v) is 4.56. The fraction of sp³-hybridized carbons (Fsp3) is 0.143. The summed E-state index contributed by atoms with van der Waals surface area (Å²) in [6.45, 7) is 0.580. The third-order valence-electron chi connectivity index (χ3n) is 4.56. The predicted octanol–water partition coefficient (Wildman–Crippen LogP) is 3.44. The van der Waals surface area contributed by atoms with Crippen LogP contribution in [0.15, 0.2) is 65.5 Å². The molecule has 6 heteroatoms. The van der Waals surface area contributed by atoms with Crippen molar-refractivity contribution in [2.45, 2.75) is 13.0 Å². The number of phenols is 1. The van der Waals surface area contributed by atoms with Gasteiger partial charge in [-0.2, -0.15) is 0 Å². The maximum absolute atomic E-state index is 12.3. The van der Waals surface area contributed by atoms with Gasteiger partial charge < -0.3 is 14.8 Å². The molecule has 0 unspecified atom stereocenters. The van der Waals surface area contributed by atoms with Gasteiger partial charge in [0.25, 0.3) is 0 Å². The molecule has 0 fully saturated rings. The molecule has 27 heavy (non-hydrogen) atoms. The van der Waals surface area contributed by atoms with Gasteiger partial charge in [-0.3, -0.25) is 4.57 Å². The highest BCUT2D eigenvalue weighted by Crippen LogP contribution is 2.29. The molecule has 0 bridgehead atoms. The molecule has 0 spiro atoms. The number of aromatic hydroxyl groups is 1. The first-order valence-corrected chi connectivity index (χ1v) is 8.70. The van der Waals surface area contributed by atoms with Gasteiger partial charge in [0.2, 0.25) is 0 Å². The van der Waals surface area contributed by atoms with E-state index in [1.807, 2.05) is 36.4 Å². The molecule has 0 aliphatic rings. The molecule has 0 radical (unpaired) electrons. The van der Waals surface area contributed by atoms with Crippen LogP contribution in [0.2, 0.25) is 0 Å². The van der Waals surface area contributed by atoms with Crippen LogP contribution in [0, 0.1) is 0 Å². The number of nitrogens with zero attached hydrogens (tertiary/aromatic N) is 1. The molecule has 2 N–H and O–H groups in total. The summed E-state index contributed by atoms with van der Waals surface area (Å²) >= 11 is 0. The number of aryl methyl sites for hydroxylation is 1. The molecular formula is C21H18N2O4. The Morgan fingerprint density at radius 1 is 1.04 bits per heavy atom. The lowest BCUT2D eigenvalue weighted by atomic mass is 10.1. The van der Waals surface area contributed by atoms with Gasteiger partial charge in [-0.1, -0.05) is 42.5 Å². The van der Waals surface area contributed by atoms with Crippen LogP contribution >= 0.6 is 0 Å². The highest BCUT2D eigenvalue weighted by atomic mass is 16.5. The summed E-state index contributed by atoms with van der Waals surface area (Å²) < 4.78 is 6.91. The van der Waals surface area contributed by atoms with Crippen molar-refractivity contribution in [1.82, 2.24) is 9.55 Å². The van der Waals surface area contributed by atoms with Crippen LogP contribution in [-0.2, 0) is 11.3 Å². The number of hydrogen-bond donors (Lipinski definition) is 2. The van der Waals surface area contributed by atoms with Crippen LogP contribution in [0.1, 0.15) is 16.8 Å². The molecule has 0 amide bonds. The second kappa shape index (κ2) is 6.99. The number of benzene rings is 3. The Morgan fingerprint density at radius 3 is 2.70 bits per heavy atom. The number of para-hydroxylation sites is 2. The Labute approximate surface area is 154 Å². The normalized spacial score (nSPS) is 11.1. The lowest BCUT2D eigenvalue weighted by Crippen LogP contribution is -2.18. The van der Waals surface area contributed by atoms with Crippen molar-refractivity contribution in [3.05, 3.63) is 76.7 Å². The van der Waals surface area contributed by atoms with E-state index in [1.54, 1.807) is 28.8 Å². The quantitative estimate of drug-likeness (QED) is 0.421. The first-order chi connectivity index (χ1) is 13.1. The van der Waals surface area contributed by atoms with E-state index in [0.29, 0.717) is 18.4 Å². The number of carbonyl (C=O) groups is 1. The number of fused-ring (bicyclic) bond motifs is 2. The smallest absolute Gasteiger partial charge is 0.341 e. The summed E-state index contributed by atoms with van der Waals surface area (Å²) in [4.78, 5) is 27.1. The highest BCUT2D eigenvalue weighted by Gasteiger charge is 2.15. The molecule has 1 heterocycles. The van der Waals surface area contributed by atoms with Crippen molar-refractivity contribution in [3.8, 4) is 5.75 Å². The number of imidazole rings is 1. The van der Waals surface area contributed by atoms with Crippen molar-refractivity contribution >= 4 is 27.8 Å². The van der Waals surface area contributed by atoms with Crippen LogP contribution in [0.25, 0.3) is 21.8 Å². The summed E-state index contributed by atoms with van der Waals surface area (Å²) in [7, 11) is 0. The summed E-state index contributed by atoms with van der Waals surface area (Å²) in [5.74, 6) is -0.657. The summed E-state index contributed by atoms with van der Waals surface area (Å²) in [6, 6.07) is 18.1. The Hall–Kier alpha value is -3.54. The van der Waals surface area contributed by atoms with E-state index in [1.165, 1.54) is 0 Å². The Kier molecular flexibility index (Phi) is 4.38. The monoisotopic (exact) mass is 362 g/mol. The fourth-order valence-electron chi connectivity index (χ4n) is 3.21. The second-order valence-corrected chi connectivity index (χ2v) is 6.27. The first kappa shape index (κ1) is 16.9. The van der Waals surface area contributed by atoms with E-state index in [0.717, 1.165) is 16.4 Å². The number of nitrogens with one attached hydrogen (secondary N) is 1. The van der Waals surface area contributed by atoms with Crippen LogP contribution in [-0.4, -0.2) is 27.2 Å². The zero-order valence-electron chi connectivity index (χ0n) is 14.5. The van der Waals surface area contributed by atoms with Crippen molar-refractivity contribution in [3.63, 3.8) is 0 Å². The van der Waals surface area contributed by atoms with Crippen LogP contribution in [0.4, 0.5) is 0 Å². The molecule has 6 nitrogen and oxygen atoms in total. The maximum atomic E-state index is 12.3. The topological polar surface area (TPSA) is 84.3 Å². The predicted molar refractivity (Wildman–Crippen MR) is 103 cm³/mol. The minimum atomic E-state index is -0.579. The van der Waals surface area contributed by atoms with Gasteiger partial charge in [-0.15, -0.1) is 0 Å². The molecule has 0 aliphatic carbocycles. The number of ether oxygens (including phenoxy) is 1. The van der Waals surface area contributed by atoms with Gasteiger partial charge in [-0.25, -0.2) is 9.59 Å². The van der Waals surface area contributed by atoms with Crippen LogP contribution in [0.3, 0.4) is 0 Å². The van der Waals surface area contributed by atoms with E-state index in [-0.39, 0.29) is 23.6 Å². The van der Waals surface area contributed by atoms with Crippen molar-refractivity contribution in [1.29, 1.82) is 0 Å². The van der Waals surface area contributed by atoms with Crippen molar-refractivity contribution in [2.75, 3.05) is 6.61 Å². The number of aromatic nitrogens is 2. The van der Waals surface area contributed by atoms with E-state index in [4.69, 9.17) is 4.74 Å². The van der Waals surface area contributed by atoms with E-state index < -0.39 is 5.97 Å². The lowest BCUT2D eigenvalue weighted by molar-refractivity contribution is 0.0493. The second-order valence-electron chi connectivity index (χ2n) is 6.27. The minimum absolute atomic E-state index is 0.0778. The van der Waals surface area contributed by atoms with Gasteiger partial charge in [0.1, 0.15) is 11.3 Å². The largest absolute Gasteiger partial charge is 0.506 e. The number of esters is 1. The number of carbonyl (C=O) groups excluding carboxylic acids is 1. The lowest BCUT2D eigenvalue weighted by Gasteiger charge is -2.09. The number of phenolic OH excluding ortho intramolecular Hbond substituents is 1. The summed E-state index contributed by atoms with van der Waals surface area (Å²) in [6.07, 6.45) is 0.488. The maximum Gasteiger partial charge on any atom is 0.341 e. The van der Waals surface area contributed by atoms with Crippen molar-refractivity contribution in [2.24, 2.45) is 0 Å². The molecule has 0 saturated heterocycles. The number of rotatable bonds is 5. The number of aromatic amines is 1. The molecule has 0 saturated carbocycles. The average Bonchev–Trinajstić information content (AvgIpc) is 3.01. The minimum Gasteiger partial charge on any atom is -0.506 e. The zero-order chi connectivity index (χ0) is 18.8. The molecule has 0 aliphatic heterocycles. The van der Waals surface area contributed by atoms with Gasteiger partial charge >= 0.3 is 11.7 Å². The SMILES string of the molecule is O=C(OCCCn1c(=O)[nH]c2ccccc21)c1ccc2ccccc2c1O. The van der Waals surface area contributed by atoms with Crippen LogP contribution in [0.5, 0.6) is 5.75 Å². The van der Waals surface area contributed by atoms with Crippen LogP contribution < -0.4 is 5.69 Å². The highest BCUT2D eigenvalue weighted by molar-refractivity contribution is 6.01. The van der Waals surface area contributed by atoms with Gasteiger partial charge in [0.05, 0.1) is 17.6 Å². The molecule has 4 aromatic rings. The Balaban J connectivity index is 1.42. The number of H-pyrrole nitrogens is 1. The molecular weight excluding hydrogens is 344 g/mol. The summed E-state index contributed by atoms with van der Waals surface area (Å²) in [5.41, 5.74) is 1.55. The molecule has 136 valence electrons. The fourth-order valence-corrected chi connectivity index (χ4v) is 3.21. The number of hydrogen-bond acceptors (Lipinski definition) is 4. The molecule has 0 atom stereocenters. The van der Waals surface area contributed by atoms with E-state index in [2.05, 4.69) is 4.98 Å². The van der Waals surface area contributed by atoms with Crippen molar-refractivity contribution < 1.29 is 14.6 Å². The zero-order valence-corrected chi connectivity index (χ0v) is 14.5. The summed E-state index contributed by atoms with van der Waals surface area (Å²) in [5, 5.41) is 11.8. The Bertz CT molecular complexity index is 1190. The van der Waals surface area contributed by atoms with Gasteiger partial charge in [0, 0.05) is 11.9 Å². The molecule has 3 aromatic carbocycles. The standard InChI is InChI=1S/C21H18N2O4/c24-19-15-7-2-1-6-14(15)10-11-16(19)20(25)27-13-5-12-23-18-9-4-3-8-17(18)22-21(23)26/h1-4,6-11,24H,5,12-13H2,(H,22,26). The van der Waals surface area contributed by atoms with E-state index >= 15 is 0 Å². The molecule has 4 rings (SSSR count).